The highest BCUT2D eigenvalue weighted by atomic mass is 15.2. The number of benzene rings is 1. The van der Waals surface area contributed by atoms with Crippen LogP contribution in [0.4, 0.5) is 11.5 Å². The van der Waals surface area contributed by atoms with Crippen LogP contribution in [0.15, 0.2) is 36.7 Å². The Hall–Kier alpha value is -2.10. The largest absolute Gasteiger partial charge is 0.399 e. The Labute approximate surface area is 107 Å². The van der Waals surface area contributed by atoms with E-state index in [9.17, 15) is 0 Å². The number of hydrogen-bond acceptors (Lipinski definition) is 4. The maximum absolute atomic E-state index is 5.71. The lowest BCUT2D eigenvalue weighted by atomic mass is 10.1. The zero-order valence-electron chi connectivity index (χ0n) is 10.8. The Balaban J connectivity index is 2.47. The molecule has 18 heavy (non-hydrogen) atoms. The topological polar surface area (TPSA) is 55.0 Å². The van der Waals surface area contributed by atoms with Crippen molar-refractivity contribution in [2.24, 2.45) is 0 Å². The molecule has 0 fully saturated rings. The van der Waals surface area contributed by atoms with Gasteiger partial charge in [0.15, 0.2) is 5.82 Å². The minimum atomic E-state index is 0.757. The molecule has 0 aliphatic heterocycles. The third-order valence-electron chi connectivity index (χ3n) is 2.93. The third kappa shape index (κ3) is 2.42. The number of nitrogens with two attached hydrogens (primary N) is 1. The molecule has 1 heterocycles. The van der Waals surface area contributed by atoms with Crippen LogP contribution in [-0.4, -0.2) is 23.1 Å². The van der Waals surface area contributed by atoms with Crippen LogP contribution in [0.3, 0.4) is 0 Å². The molecule has 2 N–H and O–H groups in total. The molecule has 0 radical (unpaired) electrons. The first-order chi connectivity index (χ1) is 8.76. The first-order valence-corrected chi connectivity index (χ1v) is 6.18. The minimum Gasteiger partial charge on any atom is -0.399 e. The molecule has 1 aromatic heterocycles. The molecule has 0 aliphatic carbocycles. The molecular formula is C14H18N4. The van der Waals surface area contributed by atoms with E-state index >= 15 is 0 Å². The van der Waals surface area contributed by atoms with E-state index in [-0.39, 0.29) is 0 Å². The molecule has 1 aromatic carbocycles. The first kappa shape index (κ1) is 12.4. The van der Waals surface area contributed by atoms with Gasteiger partial charge in [-0.3, -0.25) is 4.98 Å². The van der Waals surface area contributed by atoms with E-state index in [2.05, 4.69) is 28.7 Å². The molecule has 0 spiro atoms. The third-order valence-corrected chi connectivity index (χ3v) is 2.93. The Bertz CT molecular complexity index is 503. The standard InChI is InChI=1S/C14H18N4/c1-3-18(4-2)14-13(16-9-10-17-14)11-5-7-12(15)8-6-11/h5-10H,3-4,15H2,1-2H3. The Morgan fingerprint density at radius 1 is 1.00 bits per heavy atom. The lowest BCUT2D eigenvalue weighted by Gasteiger charge is -2.21. The van der Waals surface area contributed by atoms with Gasteiger partial charge in [-0.05, 0) is 26.0 Å². The fourth-order valence-electron chi connectivity index (χ4n) is 1.93. The summed E-state index contributed by atoms with van der Waals surface area (Å²) in [5, 5.41) is 0. The van der Waals surface area contributed by atoms with Crippen molar-refractivity contribution >= 4 is 11.5 Å². The zero-order chi connectivity index (χ0) is 13.0. The van der Waals surface area contributed by atoms with E-state index in [1.807, 2.05) is 24.3 Å². The number of nitrogens with zero attached hydrogens (tertiary/aromatic N) is 3. The quantitative estimate of drug-likeness (QED) is 0.837. The number of aromatic nitrogens is 2. The number of anilines is 2. The second kappa shape index (κ2) is 5.49. The molecule has 2 aromatic rings. The maximum atomic E-state index is 5.71. The first-order valence-electron chi connectivity index (χ1n) is 6.18. The predicted octanol–water partition coefficient (Wildman–Crippen LogP) is 2.57. The maximum Gasteiger partial charge on any atom is 0.155 e. The summed E-state index contributed by atoms with van der Waals surface area (Å²) in [5.41, 5.74) is 8.41. The van der Waals surface area contributed by atoms with E-state index < -0.39 is 0 Å². The van der Waals surface area contributed by atoms with Crippen molar-refractivity contribution < 1.29 is 0 Å². The van der Waals surface area contributed by atoms with Gasteiger partial charge in [-0.25, -0.2) is 4.98 Å². The van der Waals surface area contributed by atoms with E-state index in [4.69, 9.17) is 5.73 Å². The van der Waals surface area contributed by atoms with Crippen LogP contribution >= 0.6 is 0 Å². The normalized spacial score (nSPS) is 10.3. The van der Waals surface area contributed by atoms with Crippen LogP contribution in [0, 0.1) is 0 Å². The van der Waals surface area contributed by atoms with Crippen molar-refractivity contribution in [2.45, 2.75) is 13.8 Å². The van der Waals surface area contributed by atoms with Crippen molar-refractivity contribution in [1.29, 1.82) is 0 Å². The van der Waals surface area contributed by atoms with Gasteiger partial charge in [0, 0.05) is 36.7 Å². The smallest absolute Gasteiger partial charge is 0.155 e. The number of nitrogen functional groups attached to an aromatic ring is 1. The predicted molar refractivity (Wildman–Crippen MR) is 75.4 cm³/mol. The minimum absolute atomic E-state index is 0.757. The van der Waals surface area contributed by atoms with Crippen molar-refractivity contribution in [3.8, 4) is 11.3 Å². The van der Waals surface area contributed by atoms with Crippen molar-refractivity contribution in [2.75, 3.05) is 23.7 Å². The highest BCUT2D eigenvalue weighted by Crippen LogP contribution is 2.26. The van der Waals surface area contributed by atoms with E-state index in [0.29, 0.717) is 0 Å². The van der Waals surface area contributed by atoms with Gasteiger partial charge in [0.25, 0.3) is 0 Å². The molecule has 0 saturated heterocycles. The molecule has 94 valence electrons. The highest BCUT2D eigenvalue weighted by molar-refractivity contribution is 5.72. The van der Waals surface area contributed by atoms with Gasteiger partial charge in [-0.2, -0.15) is 0 Å². The highest BCUT2D eigenvalue weighted by Gasteiger charge is 2.12. The molecular weight excluding hydrogens is 224 g/mol. The lowest BCUT2D eigenvalue weighted by molar-refractivity contribution is 0.842. The van der Waals surface area contributed by atoms with E-state index in [1.165, 1.54) is 0 Å². The molecule has 2 rings (SSSR count). The average Bonchev–Trinajstić information content (AvgIpc) is 2.42. The molecule has 0 saturated carbocycles. The monoisotopic (exact) mass is 242 g/mol. The Morgan fingerprint density at radius 3 is 2.22 bits per heavy atom. The Morgan fingerprint density at radius 2 is 1.61 bits per heavy atom. The summed E-state index contributed by atoms with van der Waals surface area (Å²) in [7, 11) is 0. The molecule has 0 amide bonds. The molecule has 0 bridgehead atoms. The summed E-state index contributed by atoms with van der Waals surface area (Å²) < 4.78 is 0. The van der Waals surface area contributed by atoms with Crippen LogP contribution < -0.4 is 10.6 Å². The van der Waals surface area contributed by atoms with Crippen LogP contribution in [0.1, 0.15) is 13.8 Å². The van der Waals surface area contributed by atoms with Gasteiger partial charge < -0.3 is 10.6 Å². The van der Waals surface area contributed by atoms with Crippen LogP contribution in [0.5, 0.6) is 0 Å². The summed E-state index contributed by atoms with van der Waals surface area (Å²) >= 11 is 0. The van der Waals surface area contributed by atoms with Gasteiger partial charge in [-0.15, -0.1) is 0 Å². The van der Waals surface area contributed by atoms with E-state index in [0.717, 1.165) is 35.9 Å². The van der Waals surface area contributed by atoms with Crippen LogP contribution in [-0.2, 0) is 0 Å². The summed E-state index contributed by atoms with van der Waals surface area (Å²) in [6.07, 6.45) is 3.45. The molecule has 0 unspecified atom stereocenters. The summed E-state index contributed by atoms with van der Waals surface area (Å²) in [6.45, 7) is 6.06. The lowest BCUT2D eigenvalue weighted by Crippen LogP contribution is -2.24. The fourth-order valence-corrected chi connectivity index (χ4v) is 1.93. The molecule has 0 aliphatic rings. The number of rotatable bonds is 4. The molecule has 4 nitrogen and oxygen atoms in total. The van der Waals surface area contributed by atoms with Gasteiger partial charge in [0.1, 0.15) is 5.69 Å². The fraction of sp³-hybridized carbons (Fsp3) is 0.286. The van der Waals surface area contributed by atoms with Crippen LogP contribution in [0.2, 0.25) is 0 Å². The zero-order valence-corrected chi connectivity index (χ0v) is 10.8. The van der Waals surface area contributed by atoms with Gasteiger partial charge in [0.05, 0.1) is 0 Å². The second-order valence-corrected chi connectivity index (χ2v) is 4.02. The van der Waals surface area contributed by atoms with Crippen molar-refractivity contribution in [3.63, 3.8) is 0 Å². The van der Waals surface area contributed by atoms with Crippen molar-refractivity contribution in [1.82, 2.24) is 9.97 Å². The summed E-state index contributed by atoms with van der Waals surface area (Å²) in [5.74, 6) is 0.923. The average molecular weight is 242 g/mol. The van der Waals surface area contributed by atoms with E-state index in [1.54, 1.807) is 12.4 Å². The van der Waals surface area contributed by atoms with Gasteiger partial charge in [0.2, 0.25) is 0 Å². The van der Waals surface area contributed by atoms with Crippen molar-refractivity contribution in [3.05, 3.63) is 36.7 Å². The summed E-state index contributed by atoms with van der Waals surface area (Å²) in [4.78, 5) is 11.1. The number of hydrogen-bond donors (Lipinski definition) is 1. The summed E-state index contributed by atoms with van der Waals surface area (Å²) in [6, 6.07) is 7.73. The molecule has 0 atom stereocenters. The van der Waals surface area contributed by atoms with Crippen LogP contribution in [0.25, 0.3) is 11.3 Å². The van der Waals surface area contributed by atoms with Gasteiger partial charge in [-0.1, -0.05) is 12.1 Å². The Kier molecular flexibility index (Phi) is 3.77. The SMILES string of the molecule is CCN(CC)c1nccnc1-c1ccc(N)cc1. The van der Waals surface area contributed by atoms with Gasteiger partial charge >= 0.3 is 0 Å². The molecule has 4 heteroatoms. The second-order valence-electron chi connectivity index (χ2n) is 4.02.